The smallest absolute Gasteiger partial charge is 0.384 e. The molecule has 0 aliphatic carbocycles. The van der Waals surface area contributed by atoms with Crippen molar-refractivity contribution in [3.8, 4) is 11.8 Å². The molecular formula is C32H44O7. The van der Waals surface area contributed by atoms with Crippen LogP contribution in [0.4, 0.5) is 0 Å². The number of methoxy groups -OCH3 is 1. The van der Waals surface area contributed by atoms with Gasteiger partial charge in [-0.15, -0.1) is 0 Å². The third-order valence-corrected chi connectivity index (χ3v) is 6.95. The van der Waals surface area contributed by atoms with Gasteiger partial charge in [0.1, 0.15) is 19.0 Å². The van der Waals surface area contributed by atoms with Gasteiger partial charge >= 0.3 is 5.97 Å². The maximum absolute atomic E-state index is 12.6. The third-order valence-electron chi connectivity index (χ3n) is 6.95. The second-order valence-corrected chi connectivity index (χ2v) is 10.7. The third kappa shape index (κ3) is 11.7. The van der Waals surface area contributed by atoms with Crippen LogP contribution in [0.15, 0.2) is 60.3 Å². The molecule has 7 atom stereocenters. The summed E-state index contributed by atoms with van der Waals surface area (Å²) in [4.78, 5) is 12.6. The van der Waals surface area contributed by atoms with Crippen LogP contribution >= 0.6 is 0 Å². The highest BCUT2D eigenvalue weighted by Crippen LogP contribution is 2.26. The second kappa shape index (κ2) is 16.6. The van der Waals surface area contributed by atoms with E-state index in [0.717, 1.165) is 31.3 Å². The van der Waals surface area contributed by atoms with E-state index in [9.17, 15) is 9.90 Å². The predicted octanol–water partition coefficient (Wildman–Crippen LogP) is 4.97. The van der Waals surface area contributed by atoms with Crippen LogP contribution in [-0.2, 0) is 28.5 Å². The molecule has 0 fully saturated rings. The molecule has 214 valence electrons. The highest BCUT2D eigenvalue weighted by molar-refractivity contribution is 5.88. The Morgan fingerprint density at radius 3 is 2.85 bits per heavy atom. The number of fused-ring (bicyclic) bond motifs is 2. The Hall–Kier alpha value is -2.47. The summed E-state index contributed by atoms with van der Waals surface area (Å²) < 4.78 is 28.5. The van der Waals surface area contributed by atoms with E-state index < -0.39 is 18.2 Å². The van der Waals surface area contributed by atoms with E-state index in [-0.39, 0.29) is 37.6 Å². The van der Waals surface area contributed by atoms with Crippen LogP contribution in [0.5, 0.6) is 0 Å². The lowest BCUT2D eigenvalue weighted by Gasteiger charge is -2.28. The van der Waals surface area contributed by atoms with Crippen molar-refractivity contribution in [1.29, 1.82) is 0 Å². The van der Waals surface area contributed by atoms with Crippen molar-refractivity contribution >= 4 is 5.97 Å². The van der Waals surface area contributed by atoms with Gasteiger partial charge in [0.2, 0.25) is 0 Å². The molecule has 0 amide bonds. The highest BCUT2D eigenvalue weighted by atomic mass is 16.7. The molecule has 0 saturated carbocycles. The minimum Gasteiger partial charge on any atom is -0.449 e. The predicted molar refractivity (Wildman–Crippen MR) is 151 cm³/mol. The van der Waals surface area contributed by atoms with E-state index in [2.05, 4.69) is 38.3 Å². The van der Waals surface area contributed by atoms with Crippen molar-refractivity contribution < 1.29 is 33.6 Å². The average molecular weight is 541 g/mol. The lowest BCUT2D eigenvalue weighted by Crippen LogP contribution is -2.30. The van der Waals surface area contributed by atoms with Gasteiger partial charge in [-0.2, -0.15) is 0 Å². The van der Waals surface area contributed by atoms with Gasteiger partial charge in [-0.25, -0.2) is 4.79 Å². The SMILES string of the molecule is C=C1C[C@H](C)C[C@@H]2CC=C[C@@H](CC#CC(=O)OC([C@@H](O)/C=C/[C@@H]3CC(C)=CCO3)C/C=C/[C@@H](OCOC)C1)O2. The van der Waals surface area contributed by atoms with E-state index in [1.165, 1.54) is 5.57 Å². The Morgan fingerprint density at radius 2 is 2.05 bits per heavy atom. The molecule has 3 aliphatic rings. The first-order chi connectivity index (χ1) is 18.8. The fourth-order valence-corrected chi connectivity index (χ4v) is 5.00. The molecule has 3 aliphatic heterocycles. The Kier molecular flexibility index (Phi) is 13.2. The van der Waals surface area contributed by atoms with Gasteiger partial charge in [-0.05, 0) is 44.9 Å². The summed E-state index contributed by atoms with van der Waals surface area (Å²) in [6, 6.07) is 0. The summed E-state index contributed by atoms with van der Waals surface area (Å²) >= 11 is 0. The number of carbonyl (C=O) groups is 1. The van der Waals surface area contributed by atoms with Gasteiger partial charge in [0.05, 0.1) is 31.0 Å². The molecule has 0 aromatic heterocycles. The van der Waals surface area contributed by atoms with Crippen molar-refractivity contribution in [1.82, 2.24) is 0 Å². The molecule has 0 aromatic carbocycles. The molecule has 0 aromatic rings. The Bertz CT molecular complexity index is 982. The molecule has 3 heterocycles. The van der Waals surface area contributed by atoms with Gasteiger partial charge in [0, 0.05) is 25.9 Å². The maximum Gasteiger partial charge on any atom is 0.384 e. The minimum absolute atomic E-state index is 0.106. The van der Waals surface area contributed by atoms with Crippen LogP contribution in [0, 0.1) is 17.8 Å². The molecule has 7 nitrogen and oxygen atoms in total. The number of hydrogen-bond donors (Lipinski definition) is 1. The van der Waals surface area contributed by atoms with Crippen LogP contribution in [0.2, 0.25) is 0 Å². The first-order valence-electron chi connectivity index (χ1n) is 13.9. The van der Waals surface area contributed by atoms with Crippen LogP contribution < -0.4 is 0 Å². The van der Waals surface area contributed by atoms with Gasteiger partial charge in [0.25, 0.3) is 0 Å². The van der Waals surface area contributed by atoms with E-state index >= 15 is 0 Å². The Labute approximate surface area is 233 Å². The lowest BCUT2D eigenvalue weighted by molar-refractivity contribution is -0.145. The summed E-state index contributed by atoms with van der Waals surface area (Å²) in [6.07, 6.45) is 15.9. The second-order valence-electron chi connectivity index (χ2n) is 10.7. The zero-order valence-corrected chi connectivity index (χ0v) is 23.6. The van der Waals surface area contributed by atoms with Gasteiger partial charge in [-0.3, -0.25) is 0 Å². The quantitative estimate of drug-likeness (QED) is 0.167. The molecular weight excluding hydrogens is 496 g/mol. The van der Waals surface area contributed by atoms with Crippen molar-refractivity contribution in [3.63, 3.8) is 0 Å². The summed E-state index contributed by atoms with van der Waals surface area (Å²) in [5.74, 6) is 5.19. The van der Waals surface area contributed by atoms with Gasteiger partial charge in [-0.1, -0.05) is 73.1 Å². The number of hydrogen-bond acceptors (Lipinski definition) is 7. The summed E-state index contributed by atoms with van der Waals surface area (Å²) in [5, 5.41) is 10.9. The number of ether oxygens (including phenoxy) is 5. The first kappa shape index (κ1) is 31.1. The average Bonchev–Trinajstić information content (AvgIpc) is 2.89. The van der Waals surface area contributed by atoms with E-state index in [0.29, 0.717) is 25.4 Å². The number of aliphatic hydroxyl groups excluding tert-OH is 1. The number of cyclic esters (lactones) is 1. The van der Waals surface area contributed by atoms with E-state index in [4.69, 9.17) is 23.7 Å². The van der Waals surface area contributed by atoms with Crippen LogP contribution in [-0.4, -0.2) is 68.2 Å². The van der Waals surface area contributed by atoms with Crippen molar-refractivity contribution in [2.24, 2.45) is 5.92 Å². The Balaban J connectivity index is 1.76. The number of carbonyl (C=O) groups excluding carboxylic acids is 1. The van der Waals surface area contributed by atoms with Crippen molar-refractivity contribution in [2.75, 3.05) is 20.5 Å². The number of esters is 1. The largest absolute Gasteiger partial charge is 0.449 e. The summed E-state index contributed by atoms with van der Waals surface area (Å²) in [6.45, 7) is 9.26. The molecule has 7 heteroatoms. The molecule has 1 N–H and O–H groups in total. The van der Waals surface area contributed by atoms with Crippen LogP contribution in [0.25, 0.3) is 0 Å². The molecule has 39 heavy (non-hydrogen) atoms. The van der Waals surface area contributed by atoms with Crippen molar-refractivity contribution in [3.05, 3.63) is 60.3 Å². The maximum atomic E-state index is 12.6. The number of aliphatic hydroxyl groups is 1. The molecule has 0 spiro atoms. The van der Waals surface area contributed by atoms with E-state index in [1.807, 2.05) is 30.4 Å². The molecule has 1 unspecified atom stereocenters. The van der Waals surface area contributed by atoms with E-state index in [1.54, 1.807) is 13.2 Å². The first-order valence-corrected chi connectivity index (χ1v) is 13.9. The van der Waals surface area contributed by atoms with Crippen molar-refractivity contribution in [2.45, 2.75) is 95.4 Å². The summed E-state index contributed by atoms with van der Waals surface area (Å²) in [7, 11) is 1.58. The highest BCUT2D eigenvalue weighted by Gasteiger charge is 2.23. The fraction of sp³-hybridized carbons (Fsp3) is 0.594. The normalized spacial score (nSPS) is 32.8. The molecule has 0 saturated heterocycles. The van der Waals surface area contributed by atoms with Crippen LogP contribution in [0.1, 0.15) is 58.8 Å². The number of rotatable bonds is 6. The lowest BCUT2D eigenvalue weighted by atomic mass is 9.91. The molecule has 0 radical (unpaired) electrons. The fourth-order valence-electron chi connectivity index (χ4n) is 5.00. The topological polar surface area (TPSA) is 83.5 Å². The standard InChI is InChI=1S/C32H44O7/c1-23-16-17-36-28(19-23)14-15-30(33)31-12-6-10-27(37-22-35-4)20-24(2)18-25(3)21-29-11-5-8-26(38-29)9-7-13-32(34)39-31/h5-6,8,10,14-16,25-31,33H,2,9,11-12,17-22H2,1,3-4H3/b10-6+,15-14+/t25-,26-,27+,28+,29-,30-,31?/m0/s1. The molecule has 2 bridgehead atoms. The van der Waals surface area contributed by atoms with Gasteiger partial charge in [0.15, 0.2) is 0 Å². The van der Waals surface area contributed by atoms with Crippen LogP contribution in [0.3, 0.4) is 0 Å². The molecule has 3 rings (SSSR count). The Morgan fingerprint density at radius 1 is 1.23 bits per heavy atom. The minimum atomic E-state index is -1.03. The van der Waals surface area contributed by atoms with Gasteiger partial charge < -0.3 is 28.8 Å². The monoisotopic (exact) mass is 540 g/mol. The zero-order valence-electron chi connectivity index (χ0n) is 23.6. The summed E-state index contributed by atoms with van der Waals surface area (Å²) in [5.41, 5.74) is 2.33. The zero-order chi connectivity index (χ0) is 28.0.